The molecular weight excluding hydrogens is 382 g/mol. The minimum atomic E-state index is 0.161. The highest BCUT2D eigenvalue weighted by atomic mass is 16.5. The summed E-state index contributed by atoms with van der Waals surface area (Å²) in [7, 11) is 1.71. The predicted octanol–water partition coefficient (Wildman–Crippen LogP) is 6.64. The van der Waals surface area contributed by atoms with Crippen molar-refractivity contribution in [2.45, 2.75) is 65.3 Å². The second-order valence-electron chi connectivity index (χ2n) is 10.5. The molecule has 1 N–H and O–H groups in total. The summed E-state index contributed by atoms with van der Waals surface area (Å²) in [5, 5.41) is 4.13. The number of anilines is 1. The van der Waals surface area contributed by atoms with Crippen molar-refractivity contribution in [3.05, 3.63) is 47.7 Å². The van der Waals surface area contributed by atoms with Crippen LogP contribution in [0.2, 0.25) is 0 Å². The Hall–Kier alpha value is -2.49. The Bertz CT molecular complexity index is 1080. The molecule has 164 valence electrons. The van der Waals surface area contributed by atoms with Crippen molar-refractivity contribution in [3.8, 4) is 17.0 Å². The number of hydrogen-bond donors (Lipinski definition) is 1. The predicted molar refractivity (Wildman–Crippen MR) is 128 cm³/mol. The number of aromatic nitrogens is 2. The Balaban J connectivity index is 1.65. The first-order chi connectivity index (χ1) is 14.9. The first kappa shape index (κ1) is 20.4. The zero-order chi connectivity index (χ0) is 21.8. The Labute approximate surface area is 186 Å². The number of fused-ring (bicyclic) bond motifs is 3. The molecule has 4 nitrogen and oxygen atoms in total. The van der Waals surface area contributed by atoms with Crippen LogP contribution in [0.1, 0.15) is 57.2 Å². The summed E-state index contributed by atoms with van der Waals surface area (Å²) >= 11 is 0. The van der Waals surface area contributed by atoms with Gasteiger partial charge in [-0.15, -0.1) is 0 Å². The summed E-state index contributed by atoms with van der Waals surface area (Å²) in [6.07, 6.45) is 6.53. The van der Waals surface area contributed by atoms with E-state index in [1.54, 1.807) is 7.11 Å². The Morgan fingerprint density at radius 1 is 1.00 bits per heavy atom. The third-order valence-electron chi connectivity index (χ3n) is 7.43. The smallest absolute Gasteiger partial charge is 0.139 e. The van der Waals surface area contributed by atoms with Gasteiger partial charge in [-0.2, -0.15) is 0 Å². The molecule has 2 saturated carbocycles. The average Bonchev–Trinajstić information content (AvgIpc) is 3.04. The second-order valence-corrected chi connectivity index (χ2v) is 10.5. The molecule has 0 saturated heterocycles. The van der Waals surface area contributed by atoms with E-state index in [0.29, 0.717) is 0 Å². The first-order valence-corrected chi connectivity index (χ1v) is 11.8. The van der Waals surface area contributed by atoms with Crippen molar-refractivity contribution in [3.63, 3.8) is 0 Å². The van der Waals surface area contributed by atoms with Crippen molar-refractivity contribution in [2.75, 3.05) is 12.4 Å². The van der Waals surface area contributed by atoms with Gasteiger partial charge in [0.15, 0.2) is 0 Å². The molecule has 2 aliphatic rings. The maximum atomic E-state index is 5.39. The molecule has 2 aromatic heterocycles. The van der Waals surface area contributed by atoms with E-state index in [2.05, 4.69) is 61.7 Å². The van der Waals surface area contributed by atoms with Crippen LogP contribution >= 0.6 is 0 Å². The van der Waals surface area contributed by atoms with Crippen molar-refractivity contribution in [2.24, 2.45) is 17.8 Å². The van der Waals surface area contributed by atoms with Crippen LogP contribution in [0, 0.1) is 31.6 Å². The van der Waals surface area contributed by atoms with Gasteiger partial charge in [0.25, 0.3) is 0 Å². The van der Waals surface area contributed by atoms with E-state index in [-0.39, 0.29) is 5.54 Å². The fourth-order valence-corrected chi connectivity index (χ4v) is 6.70. The van der Waals surface area contributed by atoms with Gasteiger partial charge in [-0.05, 0) is 106 Å². The lowest BCUT2D eigenvalue weighted by atomic mass is 9.61. The van der Waals surface area contributed by atoms with Crippen LogP contribution in [0.5, 0.6) is 5.75 Å². The molecule has 0 amide bonds. The van der Waals surface area contributed by atoms with E-state index in [1.165, 1.54) is 43.4 Å². The topological polar surface area (TPSA) is 38.6 Å². The van der Waals surface area contributed by atoms with Crippen LogP contribution in [0.3, 0.4) is 0 Å². The average molecular weight is 418 g/mol. The largest absolute Gasteiger partial charge is 0.497 e. The van der Waals surface area contributed by atoms with Gasteiger partial charge in [-0.1, -0.05) is 13.8 Å². The SMILES string of the molecule is COc1ccc(-c2nc3cc(C)cc(C)n3c2NC23CC(C)CC(CC(C)C2)C3)cc1. The van der Waals surface area contributed by atoms with E-state index >= 15 is 0 Å². The van der Waals surface area contributed by atoms with Gasteiger partial charge >= 0.3 is 0 Å². The maximum absolute atomic E-state index is 5.39. The Kier molecular flexibility index (Phi) is 4.99. The van der Waals surface area contributed by atoms with E-state index < -0.39 is 0 Å². The number of nitrogens with zero attached hydrogens (tertiary/aromatic N) is 2. The van der Waals surface area contributed by atoms with E-state index in [0.717, 1.165) is 46.2 Å². The molecule has 2 fully saturated rings. The third kappa shape index (κ3) is 3.71. The number of rotatable bonds is 4. The van der Waals surface area contributed by atoms with Gasteiger partial charge in [-0.25, -0.2) is 4.98 Å². The van der Waals surface area contributed by atoms with Gasteiger partial charge in [0.1, 0.15) is 22.9 Å². The molecule has 5 rings (SSSR count). The van der Waals surface area contributed by atoms with Gasteiger partial charge in [0.05, 0.1) is 7.11 Å². The lowest BCUT2D eigenvalue weighted by molar-refractivity contribution is 0.0971. The van der Waals surface area contributed by atoms with Crippen LogP contribution in [0.4, 0.5) is 5.82 Å². The minimum Gasteiger partial charge on any atom is -0.497 e. The molecule has 31 heavy (non-hydrogen) atoms. The molecule has 0 radical (unpaired) electrons. The van der Waals surface area contributed by atoms with Crippen molar-refractivity contribution in [1.82, 2.24) is 9.38 Å². The minimum absolute atomic E-state index is 0.161. The Morgan fingerprint density at radius 2 is 1.68 bits per heavy atom. The molecular formula is C27H35N3O. The van der Waals surface area contributed by atoms with Gasteiger partial charge in [0.2, 0.25) is 0 Å². The second kappa shape index (κ2) is 7.58. The van der Waals surface area contributed by atoms with Crippen LogP contribution in [0.25, 0.3) is 16.9 Å². The summed E-state index contributed by atoms with van der Waals surface area (Å²) in [5.74, 6) is 4.40. The highest BCUT2D eigenvalue weighted by Gasteiger charge is 2.45. The standard InChI is InChI=1S/C27H35N3O/c1-17-10-20(4)30-24(13-17)28-25(22-6-8-23(31-5)9-7-22)26(30)29-27-14-18(2)11-21(16-27)12-19(3)15-27/h6-10,13,18-19,21,29H,11-12,14-16H2,1-5H3. The normalized spacial score (nSPS) is 28.0. The zero-order valence-corrected chi connectivity index (χ0v) is 19.5. The van der Waals surface area contributed by atoms with Crippen molar-refractivity contribution < 1.29 is 4.74 Å². The number of pyridine rings is 1. The number of hydrogen-bond acceptors (Lipinski definition) is 3. The number of methoxy groups -OCH3 is 1. The molecule has 1 aromatic carbocycles. The number of aryl methyl sites for hydroxylation is 2. The highest BCUT2D eigenvalue weighted by Crippen LogP contribution is 2.49. The molecule has 0 aliphatic heterocycles. The fourth-order valence-electron chi connectivity index (χ4n) is 6.70. The molecule has 4 heteroatoms. The molecule has 2 atom stereocenters. The van der Waals surface area contributed by atoms with E-state index in [1.807, 2.05) is 12.1 Å². The molecule has 2 heterocycles. The van der Waals surface area contributed by atoms with Crippen LogP contribution in [0.15, 0.2) is 36.4 Å². The van der Waals surface area contributed by atoms with Crippen molar-refractivity contribution in [1.29, 1.82) is 0 Å². The first-order valence-electron chi connectivity index (χ1n) is 11.8. The van der Waals surface area contributed by atoms with E-state index in [4.69, 9.17) is 9.72 Å². The molecule has 2 bridgehead atoms. The quantitative estimate of drug-likeness (QED) is 0.517. The monoisotopic (exact) mass is 417 g/mol. The van der Waals surface area contributed by atoms with Gasteiger partial charge in [-0.3, -0.25) is 4.40 Å². The van der Waals surface area contributed by atoms with Crippen LogP contribution in [-0.2, 0) is 0 Å². The summed E-state index contributed by atoms with van der Waals surface area (Å²) in [4.78, 5) is 5.13. The summed E-state index contributed by atoms with van der Waals surface area (Å²) in [5.41, 5.74) is 5.83. The summed E-state index contributed by atoms with van der Waals surface area (Å²) in [6.45, 7) is 9.22. The number of imidazole rings is 1. The number of nitrogens with one attached hydrogen (secondary N) is 1. The maximum Gasteiger partial charge on any atom is 0.139 e. The summed E-state index contributed by atoms with van der Waals surface area (Å²) < 4.78 is 7.71. The number of benzene rings is 1. The van der Waals surface area contributed by atoms with Crippen molar-refractivity contribution >= 4 is 11.5 Å². The lowest BCUT2D eigenvalue weighted by Crippen LogP contribution is -2.50. The highest BCUT2D eigenvalue weighted by molar-refractivity contribution is 5.78. The molecule has 0 spiro atoms. The van der Waals surface area contributed by atoms with Crippen LogP contribution < -0.4 is 10.1 Å². The zero-order valence-electron chi connectivity index (χ0n) is 19.5. The molecule has 2 unspecified atom stereocenters. The van der Waals surface area contributed by atoms with Gasteiger partial charge < -0.3 is 10.1 Å². The number of ether oxygens (including phenoxy) is 1. The lowest BCUT2D eigenvalue weighted by Gasteiger charge is -2.50. The van der Waals surface area contributed by atoms with E-state index in [9.17, 15) is 0 Å². The Morgan fingerprint density at radius 3 is 2.32 bits per heavy atom. The third-order valence-corrected chi connectivity index (χ3v) is 7.43. The summed E-state index contributed by atoms with van der Waals surface area (Å²) in [6, 6.07) is 12.8. The molecule has 3 aromatic rings. The molecule has 2 aliphatic carbocycles. The van der Waals surface area contributed by atoms with Gasteiger partial charge in [0, 0.05) is 16.8 Å². The fraction of sp³-hybridized carbons (Fsp3) is 0.519. The van der Waals surface area contributed by atoms with Crippen LogP contribution in [-0.4, -0.2) is 22.0 Å².